The first-order valence-electron chi connectivity index (χ1n) is 9.21. The molecule has 29 heavy (non-hydrogen) atoms. The number of nitrogens with one attached hydrogen (secondary N) is 2. The minimum Gasteiger partial charge on any atom is -0.357 e. The number of para-hydroxylation sites is 1. The Morgan fingerprint density at radius 3 is 2.66 bits per heavy atom. The fourth-order valence-electron chi connectivity index (χ4n) is 2.71. The van der Waals surface area contributed by atoms with Gasteiger partial charge in [0.1, 0.15) is 11.6 Å². The highest BCUT2D eigenvalue weighted by Gasteiger charge is 2.05. The van der Waals surface area contributed by atoms with Crippen molar-refractivity contribution in [3.63, 3.8) is 0 Å². The van der Waals surface area contributed by atoms with E-state index in [0.717, 1.165) is 29.8 Å². The van der Waals surface area contributed by atoms with Gasteiger partial charge in [-0.15, -0.1) is 24.0 Å². The molecule has 0 aliphatic carbocycles. The first-order valence-corrected chi connectivity index (χ1v) is 9.21. The Labute approximate surface area is 186 Å². The van der Waals surface area contributed by atoms with Crippen molar-refractivity contribution in [1.82, 2.24) is 20.4 Å². The molecule has 0 saturated heterocycles. The molecule has 5 nitrogen and oxygen atoms in total. The molecular formula is C21H24F2IN5. The number of guanidine groups is 1. The molecule has 1 heterocycles. The topological polar surface area (TPSA) is 54.2 Å². The number of benzene rings is 2. The maximum absolute atomic E-state index is 13.7. The monoisotopic (exact) mass is 511 g/mol. The van der Waals surface area contributed by atoms with Gasteiger partial charge in [-0.3, -0.25) is 0 Å². The highest BCUT2D eigenvalue weighted by atomic mass is 127. The molecule has 2 aromatic carbocycles. The lowest BCUT2D eigenvalue weighted by Crippen LogP contribution is -2.38. The largest absolute Gasteiger partial charge is 0.357 e. The van der Waals surface area contributed by atoms with Crippen molar-refractivity contribution in [3.8, 4) is 5.69 Å². The summed E-state index contributed by atoms with van der Waals surface area (Å²) in [6.07, 6.45) is 4.58. The van der Waals surface area contributed by atoms with E-state index in [1.165, 1.54) is 6.07 Å². The highest BCUT2D eigenvalue weighted by Crippen LogP contribution is 2.11. The molecule has 154 valence electrons. The molecule has 0 atom stereocenters. The van der Waals surface area contributed by atoms with E-state index in [2.05, 4.69) is 20.7 Å². The smallest absolute Gasteiger partial charge is 0.191 e. The average molecular weight is 511 g/mol. The van der Waals surface area contributed by atoms with Crippen LogP contribution in [-0.4, -0.2) is 28.8 Å². The minimum absolute atomic E-state index is 0. The maximum atomic E-state index is 13.7. The molecule has 0 aliphatic rings. The van der Waals surface area contributed by atoms with Crippen LogP contribution in [0.5, 0.6) is 0 Å². The predicted octanol–water partition coefficient (Wildman–Crippen LogP) is 4.07. The van der Waals surface area contributed by atoms with Crippen molar-refractivity contribution in [1.29, 1.82) is 0 Å². The lowest BCUT2D eigenvalue weighted by molar-refractivity contribution is 0.585. The number of halogens is 3. The Kier molecular flexibility index (Phi) is 9.04. The van der Waals surface area contributed by atoms with Crippen molar-refractivity contribution in [2.24, 2.45) is 4.99 Å². The third kappa shape index (κ3) is 6.81. The predicted molar refractivity (Wildman–Crippen MR) is 122 cm³/mol. The summed E-state index contributed by atoms with van der Waals surface area (Å²) in [4.78, 5) is 4.34. The van der Waals surface area contributed by atoms with Crippen LogP contribution in [0.3, 0.4) is 0 Å². The summed E-state index contributed by atoms with van der Waals surface area (Å²) in [5, 5.41) is 10.7. The molecule has 8 heteroatoms. The zero-order valence-electron chi connectivity index (χ0n) is 16.1. The number of hydrogen-bond donors (Lipinski definition) is 2. The Bertz CT molecular complexity index is 928. The molecule has 0 aliphatic heterocycles. The zero-order valence-corrected chi connectivity index (χ0v) is 18.4. The van der Waals surface area contributed by atoms with Crippen LogP contribution in [-0.2, 0) is 13.0 Å². The van der Waals surface area contributed by atoms with Gasteiger partial charge in [0, 0.05) is 24.8 Å². The third-order valence-electron chi connectivity index (χ3n) is 4.12. The number of aromatic nitrogens is 2. The fourth-order valence-corrected chi connectivity index (χ4v) is 2.71. The highest BCUT2D eigenvalue weighted by molar-refractivity contribution is 14.0. The van der Waals surface area contributed by atoms with E-state index in [1.807, 2.05) is 54.3 Å². The van der Waals surface area contributed by atoms with E-state index in [4.69, 9.17) is 0 Å². The molecule has 0 amide bonds. The van der Waals surface area contributed by atoms with Crippen LogP contribution in [0.25, 0.3) is 5.69 Å². The van der Waals surface area contributed by atoms with Crippen molar-refractivity contribution in [2.45, 2.75) is 19.9 Å². The van der Waals surface area contributed by atoms with Crippen molar-refractivity contribution in [3.05, 3.63) is 83.7 Å². The van der Waals surface area contributed by atoms with Crippen molar-refractivity contribution < 1.29 is 8.78 Å². The number of aliphatic imine (C=N–C) groups is 1. The lowest BCUT2D eigenvalue weighted by Gasteiger charge is -2.11. The molecular weight excluding hydrogens is 487 g/mol. The van der Waals surface area contributed by atoms with Crippen LogP contribution in [0.15, 0.2) is 65.9 Å². The van der Waals surface area contributed by atoms with Gasteiger partial charge >= 0.3 is 0 Å². The Morgan fingerprint density at radius 2 is 1.90 bits per heavy atom. The van der Waals surface area contributed by atoms with Crippen LogP contribution < -0.4 is 10.6 Å². The first kappa shape index (κ1) is 22.8. The van der Waals surface area contributed by atoms with Gasteiger partial charge in [-0.1, -0.05) is 18.2 Å². The van der Waals surface area contributed by atoms with Gasteiger partial charge in [-0.05, 0) is 49.2 Å². The number of nitrogens with zero attached hydrogens (tertiary/aromatic N) is 3. The zero-order chi connectivity index (χ0) is 19.8. The molecule has 0 radical (unpaired) electrons. The van der Waals surface area contributed by atoms with Gasteiger partial charge in [0.2, 0.25) is 0 Å². The van der Waals surface area contributed by atoms with Crippen LogP contribution >= 0.6 is 24.0 Å². The summed E-state index contributed by atoms with van der Waals surface area (Å²) in [7, 11) is 0. The van der Waals surface area contributed by atoms with Crippen LogP contribution in [0.2, 0.25) is 0 Å². The van der Waals surface area contributed by atoms with Gasteiger partial charge in [0.15, 0.2) is 5.96 Å². The summed E-state index contributed by atoms with van der Waals surface area (Å²) in [6.45, 7) is 3.32. The molecule has 0 saturated carbocycles. The van der Waals surface area contributed by atoms with E-state index in [9.17, 15) is 8.78 Å². The van der Waals surface area contributed by atoms with Gasteiger partial charge in [-0.2, -0.15) is 5.10 Å². The molecule has 2 N–H and O–H groups in total. The molecule has 0 fully saturated rings. The number of hydrogen-bond acceptors (Lipinski definition) is 2. The van der Waals surface area contributed by atoms with Gasteiger partial charge in [0.05, 0.1) is 18.4 Å². The van der Waals surface area contributed by atoms with Gasteiger partial charge in [0.25, 0.3) is 0 Å². The standard InChI is InChI=1S/C21H23F2N5.HI/c1-2-24-21(26-14-17-12-18(22)8-9-20(17)23)25-11-10-16-13-27-28(15-16)19-6-4-3-5-7-19;/h3-9,12-13,15H,2,10-11,14H2,1H3,(H2,24,25,26);1H. The van der Waals surface area contributed by atoms with Gasteiger partial charge in [-0.25, -0.2) is 18.5 Å². The summed E-state index contributed by atoms with van der Waals surface area (Å²) in [5.74, 6) is -0.379. The van der Waals surface area contributed by atoms with Crippen LogP contribution in [0.1, 0.15) is 18.1 Å². The second kappa shape index (κ2) is 11.5. The van der Waals surface area contributed by atoms with Crippen LogP contribution in [0, 0.1) is 11.6 Å². The average Bonchev–Trinajstić information content (AvgIpc) is 3.18. The summed E-state index contributed by atoms with van der Waals surface area (Å²) in [5.41, 5.74) is 2.32. The van der Waals surface area contributed by atoms with Gasteiger partial charge < -0.3 is 10.6 Å². The molecule has 1 aromatic heterocycles. The Hall–Kier alpha value is -2.49. The summed E-state index contributed by atoms with van der Waals surface area (Å²) in [6, 6.07) is 13.3. The second-order valence-corrected chi connectivity index (χ2v) is 6.24. The molecule has 3 rings (SSSR count). The van der Waals surface area contributed by atoms with E-state index in [1.54, 1.807) is 0 Å². The van der Waals surface area contributed by atoms with Crippen molar-refractivity contribution in [2.75, 3.05) is 13.1 Å². The molecule has 0 spiro atoms. The molecule has 0 bridgehead atoms. The minimum atomic E-state index is -0.472. The third-order valence-corrected chi connectivity index (χ3v) is 4.12. The fraction of sp³-hybridized carbons (Fsp3) is 0.238. The van der Waals surface area contributed by atoms with Crippen LogP contribution in [0.4, 0.5) is 8.78 Å². The number of rotatable bonds is 7. The second-order valence-electron chi connectivity index (χ2n) is 6.24. The maximum Gasteiger partial charge on any atom is 0.191 e. The quantitative estimate of drug-likeness (QED) is 0.286. The van der Waals surface area contributed by atoms with E-state index >= 15 is 0 Å². The Morgan fingerprint density at radius 1 is 1.10 bits per heavy atom. The van der Waals surface area contributed by atoms with Crippen molar-refractivity contribution >= 4 is 29.9 Å². The SMILES string of the molecule is CCNC(=NCc1cc(F)ccc1F)NCCc1cnn(-c2ccccc2)c1.I. The molecule has 0 unspecified atom stereocenters. The van der Waals surface area contributed by atoms with E-state index < -0.39 is 11.6 Å². The lowest BCUT2D eigenvalue weighted by atomic mass is 10.2. The first-order chi connectivity index (χ1) is 13.7. The Balaban J connectivity index is 0.00000300. The summed E-state index contributed by atoms with van der Waals surface area (Å²) >= 11 is 0. The van der Waals surface area contributed by atoms with E-state index in [0.29, 0.717) is 19.0 Å². The normalized spacial score (nSPS) is 11.1. The molecule has 3 aromatic rings. The summed E-state index contributed by atoms with van der Waals surface area (Å²) < 4.78 is 28.9. The van der Waals surface area contributed by atoms with E-state index in [-0.39, 0.29) is 36.1 Å².